The van der Waals surface area contributed by atoms with E-state index in [0.717, 1.165) is 6.42 Å². The number of H-pyrrole nitrogens is 1. The van der Waals surface area contributed by atoms with E-state index in [1.165, 1.54) is 4.57 Å². The average Bonchev–Trinajstić information content (AvgIpc) is 2.99. The highest BCUT2D eigenvalue weighted by Gasteiger charge is 2.28. The third-order valence-electron chi connectivity index (χ3n) is 4.62. The Hall–Kier alpha value is -1.90. The summed E-state index contributed by atoms with van der Waals surface area (Å²) in [6.07, 6.45) is 0.738. The van der Waals surface area contributed by atoms with Crippen molar-refractivity contribution < 1.29 is 4.79 Å². The van der Waals surface area contributed by atoms with E-state index in [0.29, 0.717) is 25.3 Å². The van der Waals surface area contributed by atoms with E-state index >= 15 is 0 Å². The first kappa shape index (κ1) is 23.1. The lowest BCUT2D eigenvalue weighted by Gasteiger charge is -2.19. The molecule has 0 aromatic carbocycles. The zero-order valence-electron chi connectivity index (χ0n) is 15.5. The van der Waals surface area contributed by atoms with Crippen molar-refractivity contribution in [2.24, 2.45) is 5.73 Å². The molecule has 150 valence electrons. The number of hydrogen-bond donors (Lipinski definition) is 2. The number of nitrogens with zero attached hydrogens (tertiary/aromatic N) is 3. The Morgan fingerprint density at radius 3 is 2.56 bits per heavy atom. The van der Waals surface area contributed by atoms with E-state index in [4.69, 9.17) is 5.73 Å². The molecule has 8 nitrogen and oxygen atoms in total. The first-order valence-corrected chi connectivity index (χ1v) is 8.56. The molecule has 1 saturated heterocycles. The number of aromatic nitrogens is 3. The number of pyridine rings is 1. The molecule has 0 saturated carbocycles. The van der Waals surface area contributed by atoms with Crippen molar-refractivity contribution in [2.75, 3.05) is 13.1 Å². The van der Waals surface area contributed by atoms with Gasteiger partial charge in [0.05, 0.1) is 10.9 Å². The monoisotopic (exact) mass is 417 g/mol. The van der Waals surface area contributed by atoms with Gasteiger partial charge in [0.25, 0.3) is 11.5 Å². The zero-order chi connectivity index (χ0) is 18.3. The first-order valence-electron chi connectivity index (χ1n) is 8.56. The van der Waals surface area contributed by atoms with Gasteiger partial charge in [-0.1, -0.05) is 13.8 Å². The molecular formula is C17H25Cl2N5O3. The minimum Gasteiger partial charge on any atom is -0.337 e. The van der Waals surface area contributed by atoms with Gasteiger partial charge < -0.3 is 10.6 Å². The molecule has 1 amide bonds. The third-order valence-corrected chi connectivity index (χ3v) is 4.62. The largest absolute Gasteiger partial charge is 0.337 e. The standard InChI is InChI=1S/C17H23N5O3.2ClH/c1-4-22-14-13(15(23)20-17(22)25)11(7-12(19-14)9(2)3)16(24)21-6-5-10(18)8-21;;/h7,9-10H,4-6,8,18H2,1-3H3,(H,20,23,25);2*1H/t10-;;/m1../s1. The summed E-state index contributed by atoms with van der Waals surface area (Å²) in [5, 5.41) is 0.163. The molecule has 0 spiro atoms. The number of rotatable bonds is 3. The summed E-state index contributed by atoms with van der Waals surface area (Å²) < 4.78 is 1.38. The minimum atomic E-state index is -0.584. The smallest absolute Gasteiger partial charge is 0.329 e. The molecule has 1 aliphatic rings. The van der Waals surface area contributed by atoms with Crippen LogP contribution in [-0.2, 0) is 6.54 Å². The number of hydrogen-bond acceptors (Lipinski definition) is 5. The molecule has 10 heteroatoms. The van der Waals surface area contributed by atoms with Gasteiger partial charge in [0, 0.05) is 31.4 Å². The normalized spacial score (nSPS) is 16.3. The maximum Gasteiger partial charge on any atom is 0.329 e. The van der Waals surface area contributed by atoms with Crippen molar-refractivity contribution in [3.05, 3.63) is 38.2 Å². The number of nitrogens with two attached hydrogens (primary N) is 1. The van der Waals surface area contributed by atoms with E-state index < -0.39 is 11.2 Å². The molecule has 3 N–H and O–H groups in total. The van der Waals surface area contributed by atoms with Crippen LogP contribution < -0.4 is 17.0 Å². The van der Waals surface area contributed by atoms with Crippen LogP contribution in [0, 0.1) is 0 Å². The topological polar surface area (TPSA) is 114 Å². The number of aryl methyl sites for hydroxylation is 1. The molecule has 1 fully saturated rings. The number of aromatic amines is 1. The first-order chi connectivity index (χ1) is 11.8. The van der Waals surface area contributed by atoms with E-state index in [1.807, 2.05) is 13.8 Å². The van der Waals surface area contributed by atoms with Crippen LogP contribution in [0.1, 0.15) is 49.2 Å². The summed E-state index contributed by atoms with van der Waals surface area (Å²) in [4.78, 5) is 46.0. The molecule has 0 bridgehead atoms. The molecule has 27 heavy (non-hydrogen) atoms. The fraction of sp³-hybridized carbons (Fsp3) is 0.529. The molecule has 1 atom stereocenters. The van der Waals surface area contributed by atoms with Gasteiger partial charge in [0.1, 0.15) is 0 Å². The summed E-state index contributed by atoms with van der Waals surface area (Å²) >= 11 is 0. The fourth-order valence-corrected chi connectivity index (χ4v) is 3.19. The molecule has 2 aromatic rings. The highest BCUT2D eigenvalue weighted by Crippen LogP contribution is 2.22. The van der Waals surface area contributed by atoms with Gasteiger partial charge >= 0.3 is 5.69 Å². The number of fused-ring (bicyclic) bond motifs is 1. The second-order valence-corrected chi connectivity index (χ2v) is 6.75. The quantitative estimate of drug-likeness (QED) is 0.779. The molecule has 0 radical (unpaired) electrons. The van der Waals surface area contributed by atoms with Crippen molar-refractivity contribution in [2.45, 2.75) is 45.7 Å². The molecule has 0 unspecified atom stereocenters. The molecule has 1 aliphatic heterocycles. The lowest BCUT2D eigenvalue weighted by molar-refractivity contribution is 0.0792. The highest BCUT2D eigenvalue weighted by molar-refractivity contribution is 6.05. The van der Waals surface area contributed by atoms with Gasteiger partial charge in [0.15, 0.2) is 5.65 Å². The Balaban J connectivity index is 0.00000182. The average molecular weight is 418 g/mol. The SMILES string of the molecule is CCn1c(=O)[nH]c(=O)c2c(C(=O)N3CC[C@@H](N)C3)cc(C(C)C)nc21.Cl.Cl. The number of nitrogens with one attached hydrogen (secondary N) is 1. The summed E-state index contributed by atoms with van der Waals surface area (Å²) in [5.74, 6) is -0.189. The van der Waals surface area contributed by atoms with Crippen molar-refractivity contribution in [3.8, 4) is 0 Å². The van der Waals surface area contributed by atoms with Crippen molar-refractivity contribution in [1.82, 2.24) is 19.4 Å². The Morgan fingerprint density at radius 1 is 1.37 bits per heavy atom. The van der Waals surface area contributed by atoms with Gasteiger partial charge in [-0.3, -0.25) is 19.1 Å². The summed E-state index contributed by atoms with van der Waals surface area (Å²) in [6.45, 7) is 7.08. The highest BCUT2D eigenvalue weighted by atomic mass is 35.5. The molecule has 3 heterocycles. The number of carbonyl (C=O) groups excluding carboxylic acids is 1. The predicted molar refractivity (Wildman–Crippen MR) is 109 cm³/mol. The van der Waals surface area contributed by atoms with Gasteiger partial charge in [-0.25, -0.2) is 9.78 Å². The Bertz CT molecular complexity index is 954. The van der Waals surface area contributed by atoms with Crippen LogP contribution in [0.5, 0.6) is 0 Å². The number of likely N-dealkylation sites (tertiary alicyclic amines) is 1. The minimum absolute atomic E-state index is 0. The van der Waals surface area contributed by atoms with Crippen LogP contribution >= 0.6 is 24.8 Å². The van der Waals surface area contributed by atoms with E-state index in [2.05, 4.69) is 9.97 Å². The summed E-state index contributed by atoms with van der Waals surface area (Å²) in [5.41, 5.74) is 6.02. The third kappa shape index (κ3) is 4.17. The van der Waals surface area contributed by atoms with Crippen molar-refractivity contribution in [1.29, 1.82) is 0 Å². The maximum absolute atomic E-state index is 13.0. The van der Waals surface area contributed by atoms with Gasteiger partial charge in [-0.2, -0.15) is 0 Å². The van der Waals surface area contributed by atoms with Crippen LogP contribution in [0.25, 0.3) is 11.0 Å². The molecule has 0 aliphatic carbocycles. The van der Waals surface area contributed by atoms with Crippen LogP contribution in [0.3, 0.4) is 0 Å². The Morgan fingerprint density at radius 2 is 2.04 bits per heavy atom. The van der Waals surface area contributed by atoms with Crippen LogP contribution in [0.15, 0.2) is 15.7 Å². The van der Waals surface area contributed by atoms with Gasteiger partial charge in [0.2, 0.25) is 0 Å². The zero-order valence-corrected chi connectivity index (χ0v) is 17.2. The number of carbonyl (C=O) groups is 1. The second kappa shape index (κ2) is 8.86. The predicted octanol–water partition coefficient (Wildman–Crippen LogP) is 1.24. The molecule has 3 rings (SSSR count). The molecule has 2 aromatic heterocycles. The van der Waals surface area contributed by atoms with Crippen molar-refractivity contribution in [3.63, 3.8) is 0 Å². The molecular weight excluding hydrogens is 393 g/mol. The van der Waals surface area contributed by atoms with Crippen LogP contribution in [0.4, 0.5) is 0 Å². The van der Waals surface area contributed by atoms with E-state index in [9.17, 15) is 14.4 Å². The lowest BCUT2D eigenvalue weighted by atomic mass is 10.0. The number of amides is 1. The second-order valence-electron chi connectivity index (χ2n) is 6.75. The number of halogens is 2. The van der Waals surface area contributed by atoms with E-state index in [1.54, 1.807) is 17.9 Å². The van der Waals surface area contributed by atoms with Crippen molar-refractivity contribution >= 4 is 41.8 Å². The van der Waals surface area contributed by atoms with Crippen LogP contribution in [0.2, 0.25) is 0 Å². The van der Waals surface area contributed by atoms with Gasteiger partial charge in [-0.15, -0.1) is 24.8 Å². The lowest BCUT2D eigenvalue weighted by Crippen LogP contribution is -2.35. The fourth-order valence-electron chi connectivity index (χ4n) is 3.19. The summed E-state index contributed by atoms with van der Waals surface area (Å²) in [7, 11) is 0. The van der Waals surface area contributed by atoms with Crippen LogP contribution in [-0.4, -0.2) is 44.5 Å². The maximum atomic E-state index is 13.0. The van der Waals surface area contributed by atoms with Gasteiger partial charge in [-0.05, 0) is 25.3 Å². The van der Waals surface area contributed by atoms with E-state index in [-0.39, 0.29) is 59.3 Å². The Kier molecular flexibility index (Phi) is 7.59. The summed E-state index contributed by atoms with van der Waals surface area (Å²) in [6, 6.07) is 1.62. The Labute approximate surface area is 169 Å².